The highest BCUT2D eigenvalue weighted by atomic mass is 16.5. The monoisotopic (exact) mass is 356 g/mol. The molecule has 0 unspecified atom stereocenters. The van der Waals surface area contributed by atoms with Crippen molar-refractivity contribution in [2.24, 2.45) is 5.92 Å². The number of hydrogen-bond acceptors (Lipinski definition) is 4. The predicted octanol–water partition coefficient (Wildman–Crippen LogP) is 4.80. The maximum atomic E-state index is 12.5. The normalized spacial score (nSPS) is 18.6. The van der Waals surface area contributed by atoms with Crippen LogP contribution in [0, 0.1) is 12.8 Å². The number of fused-ring (bicyclic) bond motifs is 1. The Morgan fingerprint density at radius 2 is 2.15 bits per heavy atom. The van der Waals surface area contributed by atoms with E-state index in [9.17, 15) is 4.79 Å². The summed E-state index contributed by atoms with van der Waals surface area (Å²) < 4.78 is 12.7. The molecule has 0 aromatic carbocycles. The standard InChI is InChI=1S/C21H28N2O3/c1-5-26-21(24)19-15(3)23(20-18(19)7-6-12-22-20)14(2)17-10-8-16(9-11-17)13-25-4/h6-7,12-14,17H,5,8-11H2,1-4H3/t14-,17?/m1/s1. The van der Waals surface area contributed by atoms with Gasteiger partial charge in [-0.2, -0.15) is 0 Å². The van der Waals surface area contributed by atoms with Crippen molar-refractivity contribution in [2.45, 2.75) is 52.5 Å². The van der Waals surface area contributed by atoms with Crippen molar-refractivity contribution in [2.75, 3.05) is 13.7 Å². The number of methoxy groups -OCH3 is 1. The number of carbonyl (C=O) groups is 1. The molecule has 0 bridgehead atoms. The van der Waals surface area contributed by atoms with Crippen molar-refractivity contribution < 1.29 is 14.3 Å². The maximum absolute atomic E-state index is 12.5. The Hall–Kier alpha value is -2.30. The highest BCUT2D eigenvalue weighted by molar-refractivity contribution is 6.05. The summed E-state index contributed by atoms with van der Waals surface area (Å²) in [4.78, 5) is 17.1. The Morgan fingerprint density at radius 3 is 2.81 bits per heavy atom. The minimum atomic E-state index is -0.261. The van der Waals surface area contributed by atoms with Crippen LogP contribution in [0.2, 0.25) is 0 Å². The molecular weight excluding hydrogens is 328 g/mol. The lowest BCUT2D eigenvalue weighted by molar-refractivity contribution is 0.0527. The molecule has 1 atom stereocenters. The first kappa shape index (κ1) is 18.5. The number of allylic oxidation sites excluding steroid dienone is 1. The van der Waals surface area contributed by atoms with Crippen LogP contribution < -0.4 is 0 Å². The predicted molar refractivity (Wildman–Crippen MR) is 102 cm³/mol. The van der Waals surface area contributed by atoms with Gasteiger partial charge in [-0.15, -0.1) is 0 Å². The largest absolute Gasteiger partial charge is 0.504 e. The second-order valence-corrected chi connectivity index (χ2v) is 7.02. The molecule has 26 heavy (non-hydrogen) atoms. The quantitative estimate of drug-likeness (QED) is 0.570. The zero-order valence-corrected chi connectivity index (χ0v) is 16.1. The number of rotatable bonds is 5. The van der Waals surface area contributed by atoms with Crippen molar-refractivity contribution in [3.63, 3.8) is 0 Å². The van der Waals surface area contributed by atoms with Crippen molar-refractivity contribution in [1.29, 1.82) is 0 Å². The van der Waals surface area contributed by atoms with Crippen molar-refractivity contribution in [3.05, 3.63) is 41.4 Å². The number of aromatic nitrogens is 2. The van der Waals surface area contributed by atoms with Crippen LogP contribution in [0.4, 0.5) is 0 Å². The van der Waals surface area contributed by atoms with E-state index in [1.165, 1.54) is 5.57 Å². The van der Waals surface area contributed by atoms with E-state index in [1.807, 2.05) is 32.2 Å². The average molecular weight is 356 g/mol. The molecule has 2 aromatic rings. The Balaban J connectivity index is 1.96. The molecule has 0 saturated heterocycles. The van der Waals surface area contributed by atoms with Gasteiger partial charge in [-0.1, -0.05) is 0 Å². The minimum Gasteiger partial charge on any atom is -0.504 e. The molecule has 2 heterocycles. The summed E-state index contributed by atoms with van der Waals surface area (Å²) in [6.45, 7) is 6.45. The van der Waals surface area contributed by atoms with Gasteiger partial charge in [0.05, 0.1) is 25.5 Å². The summed E-state index contributed by atoms with van der Waals surface area (Å²) in [6.07, 6.45) is 8.06. The molecule has 1 aliphatic rings. The van der Waals surface area contributed by atoms with Crippen molar-refractivity contribution >= 4 is 17.0 Å². The van der Waals surface area contributed by atoms with Crippen LogP contribution >= 0.6 is 0 Å². The highest BCUT2D eigenvalue weighted by Gasteiger charge is 2.29. The van der Waals surface area contributed by atoms with Gasteiger partial charge in [0.15, 0.2) is 0 Å². The van der Waals surface area contributed by atoms with E-state index in [-0.39, 0.29) is 12.0 Å². The van der Waals surface area contributed by atoms with E-state index in [0.29, 0.717) is 18.1 Å². The van der Waals surface area contributed by atoms with Gasteiger partial charge in [0, 0.05) is 23.3 Å². The lowest BCUT2D eigenvalue weighted by Gasteiger charge is -2.31. The molecule has 3 rings (SSSR count). The van der Waals surface area contributed by atoms with Gasteiger partial charge in [-0.3, -0.25) is 0 Å². The van der Waals surface area contributed by atoms with E-state index < -0.39 is 0 Å². The summed E-state index contributed by atoms with van der Waals surface area (Å²) in [7, 11) is 1.71. The molecule has 5 heteroatoms. The summed E-state index contributed by atoms with van der Waals surface area (Å²) >= 11 is 0. The molecular formula is C21H28N2O3. The third-order valence-electron chi connectivity index (χ3n) is 5.53. The van der Waals surface area contributed by atoms with Crippen LogP contribution in [0.3, 0.4) is 0 Å². The molecule has 1 fully saturated rings. The number of esters is 1. The van der Waals surface area contributed by atoms with E-state index in [4.69, 9.17) is 9.47 Å². The fourth-order valence-corrected chi connectivity index (χ4v) is 4.21. The molecule has 1 aliphatic carbocycles. The fraction of sp³-hybridized carbons (Fsp3) is 0.524. The first-order chi connectivity index (χ1) is 12.6. The van der Waals surface area contributed by atoms with Crippen molar-refractivity contribution in [3.8, 4) is 0 Å². The van der Waals surface area contributed by atoms with Gasteiger partial charge in [0.25, 0.3) is 0 Å². The Kier molecular flexibility index (Phi) is 5.64. The zero-order valence-electron chi connectivity index (χ0n) is 16.1. The van der Waals surface area contributed by atoms with E-state index >= 15 is 0 Å². The Morgan fingerprint density at radius 1 is 1.42 bits per heavy atom. The number of carbonyl (C=O) groups excluding carboxylic acids is 1. The topological polar surface area (TPSA) is 53.4 Å². The molecule has 1 saturated carbocycles. The van der Waals surface area contributed by atoms with Crippen LogP contribution in [0.1, 0.15) is 61.6 Å². The SMILES string of the molecule is CCOC(=O)c1c(C)n([C@H](C)C2CCC(=COC)CC2)c2ncccc12. The summed E-state index contributed by atoms with van der Waals surface area (Å²) in [5.74, 6) is 0.290. The summed E-state index contributed by atoms with van der Waals surface area (Å²) in [6, 6.07) is 4.12. The summed E-state index contributed by atoms with van der Waals surface area (Å²) in [5.41, 5.74) is 3.86. The number of pyridine rings is 1. The molecule has 0 aliphatic heterocycles. The smallest absolute Gasteiger partial charge is 0.340 e. The Labute approximate surface area is 155 Å². The van der Waals surface area contributed by atoms with Gasteiger partial charge in [0.1, 0.15) is 5.65 Å². The molecule has 5 nitrogen and oxygen atoms in total. The van der Waals surface area contributed by atoms with Crippen molar-refractivity contribution in [1.82, 2.24) is 9.55 Å². The van der Waals surface area contributed by atoms with Gasteiger partial charge < -0.3 is 14.0 Å². The van der Waals surface area contributed by atoms with E-state index in [1.54, 1.807) is 13.3 Å². The third kappa shape index (κ3) is 3.35. The molecule has 0 spiro atoms. The van der Waals surface area contributed by atoms with Gasteiger partial charge in [-0.05, 0) is 70.1 Å². The van der Waals surface area contributed by atoms with Crippen LogP contribution in [0.15, 0.2) is 30.2 Å². The second-order valence-electron chi connectivity index (χ2n) is 7.02. The number of ether oxygens (including phenoxy) is 2. The first-order valence-corrected chi connectivity index (χ1v) is 9.41. The average Bonchev–Trinajstić information content (AvgIpc) is 2.94. The molecule has 0 N–H and O–H groups in total. The number of hydrogen-bond donors (Lipinski definition) is 0. The summed E-state index contributed by atoms with van der Waals surface area (Å²) in [5, 5.41) is 0.881. The van der Waals surface area contributed by atoms with Crippen LogP contribution in [-0.2, 0) is 9.47 Å². The van der Waals surface area contributed by atoms with E-state index in [2.05, 4.69) is 16.5 Å². The Bertz CT molecular complexity index is 812. The van der Waals surface area contributed by atoms with Gasteiger partial charge in [-0.25, -0.2) is 9.78 Å². The van der Waals surface area contributed by atoms with Crippen LogP contribution in [0.5, 0.6) is 0 Å². The third-order valence-corrected chi connectivity index (χ3v) is 5.53. The van der Waals surface area contributed by atoms with Crippen LogP contribution in [-0.4, -0.2) is 29.2 Å². The van der Waals surface area contributed by atoms with E-state index in [0.717, 1.165) is 42.4 Å². The first-order valence-electron chi connectivity index (χ1n) is 9.41. The maximum Gasteiger partial charge on any atom is 0.340 e. The van der Waals surface area contributed by atoms with Crippen LogP contribution in [0.25, 0.3) is 11.0 Å². The zero-order chi connectivity index (χ0) is 18.7. The second kappa shape index (κ2) is 7.94. The molecule has 140 valence electrons. The van der Waals surface area contributed by atoms with Gasteiger partial charge >= 0.3 is 5.97 Å². The highest BCUT2D eigenvalue weighted by Crippen LogP contribution is 2.38. The molecule has 0 amide bonds. The number of nitrogens with zero attached hydrogens (tertiary/aromatic N) is 2. The minimum absolute atomic E-state index is 0.261. The fourth-order valence-electron chi connectivity index (χ4n) is 4.21. The lowest BCUT2D eigenvalue weighted by Crippen LogP contribution is -2.21. The molecule has 0 radical (unpaired) electrons. The lowest BCUT2D eigenvalue weighted by atomic mass is 9.82. The molecule has 2 aromatic heterocycles. The van der Waals surface area contributed by atoms with Gasteiger partial charge in [0.2, 0.25) is 0 Å².